The van der Waals surface area contributed by atoms with Crippen LogP contribution in [-0.4, -0.2) is 19.3 Å². The number of nitriles is 1. The average Bonchev–Trinajstić information content (AvgIpc) is 2.13. The second-order valence-corrected chi connectivity index (χ2v) is 9.00. The first-order valence-electron chi connectivity index (χ1n) is 5.02. The highest BCUT2D eigenvalue weighted by molar-refractivity contribution is 6.83. The van der Waals surface area contributed by atoms with Gasteiger partial charge in [-0.2, -0.15) is 5.26 Å². The van der Waals surface area contributed by atoms with Crippen LogP contribution in [0.2, 0.25) is 19.6 Å². The molecule has 0 saturated heterocycles. The standard InChI is InChI=1S/C12H17NOSi/c1-15(2,3)11-9-12(14)8-6-4-5-7-10-13/h12,14H,4-5,7H2,1-3H3. The molecule has 1 unspecified atom stereocenters. The summed E-state index contributed by atoms with van der Waals surface area (Å²) < 4.78 is 0. The minimum atomic E-state index is -1.41. The summed E-state index contributed by atoms with van der Waals surface area (Å²) >= 11 is 0. The van der Waals surface area contributed by atoms with Gasteiger partial charge in [-0.1, -0.05) is 37.4 Å². The van der Waals surface area contributed by atoms with Gasteiger partial charge in [0.15, 0.2) is 6.10 Å². The molecule has 0 spiro atoms. The van der Waals surface area contributed by atoms with Gasteiger partial charge < -0.3 is 5.11 Å². The Morgan fingerprint density at radius 3 is 2.40 bits per heavy atom. The van der Waals surface area contributed by atoms with Crippen LogP contribution in [-0.2, 0) is 0 Å². The molecule has 0 aliphatic heterocycles. The normalized spacial score (nSPS) is 11.4. The SMILES string of the molecule is C[Si](C)(C)C#CC(O)C#CCCCC#N. The molecule has 0 radical (unpaired) electrons. The summed E-state index contributed by atoms with van der Waals surface area (Å²) in [6.45, 7) is 6.35. The Labute approximate surface area is 93.3 Å². The lowest BCUT2D eigenvalue weighted by atomic mass is 10.2. The highest BCUT2D eigenvalue weighted by Gasteiger charge is 2.07. The molecule has 3 heteroatoms. The van der Waals surface area contributed by atoms with Gasteiger partial charge in [0, 0.05) is 12.8 Å². The van der Waals surface area contributed by atoms with Gasteiger partial charge in [0.05, 0.1) is 6.07 Å². The summed E-state index contributed by atoms with van der Waals surface area (Å²) in [6, 6.07) is 2.05. The Morgan fingerprint density at radius 2 is 1.87 bits per heavy atom. The summed E-state index contributed by atoms with van der Waals surface area (Å²) in [6.07, 6.45) is 1.10. The zero-order valence-electron chi connectivity index (χ0n) is 9.59. The fourth-order valence-electron chi connectivity index (χ4n) is 0.746. The quantitative estimate of drug-likeness (QED) is 0.438. The van der Waals surface area contributed by atoms with E-state index in [1.165, 1.54) is 0 Å². The molecule has 0 bridgehead atoms. The van der Waals surface area contributed by atoms with E-state index in [9.17, 15) is 5.11 Å². The second kappa shape index (κ2) is 7.13. The van der Waals surface area contributed by atoms with Crippen LogP contribution in [0.5, 0.6) is 0 Å². The largest absolute Gasteiger partial charge is 0.369 e. The molecule has 0 amide bonds. The number of unbranched alkanes of at least 4 members (excludes halogenated alkanes) is 2. The topological polar surface area (TPSA) is 44.0 Å². The predicted octanol–water partition coefficient (Wildman–Crippen LogP) is 1.93. The van der Waals surface area contributed by atoms with Crippen LogP contribution in [0.4, 0.5) is 0 Å². The third-order valence-corrected chi connectivity index (χ3v) is 2.31. The number of aliphatic hydroxyl groups is 1. The van der Waals surface area contributed by atoms with Crippen LogP contribution in [0.25, 0.3) is 0 Å². The van der Waals surface area contributed by atoms with Crippen molar-refractivity contribution in [2.45, 2.75) is 45.0 Å². The Bertz CT molecular complexity index is 340. The van der Waals surface area contributed by atoms with E-state index in [-0.39, 0.29) is 0 Å². The van der Waals surface area contributed by atoms with E-state index in [2.05, 4.69) is 42.9 Å². The Morgan fingerprint density at radius 1 is 1.20 bits per heavy atom. The van der Waals surface area contributed by atoms with Crippen molar-refractivity contribution < 1.29 is 5.11 Å². The zero-order chi connectivity index (χ0) is 11.7. The number of hydrogen-bond donors (Lipinski definition) is 1. The van der Waals surface area contributed by atoms with E-state index >= 15 is 0 Å². The maximum absolute atomic E-state index is 9.38. The molecule has 15 heavy (non-hydrogen) atoms. The first-order valence-corrected chi connectivity index (χ1v) is 8.52. The van der Waals surface area contributed by atoms with Gasteiger partial charge in [-0.25, -0.2) is 0 Å². The van der Waals surface area contributed by atoms with E-state index in [1.54, 1.807) is 0 Å². The summed E-state index contributed by atoms with van der Waals surface area (Å²) in [5, 5.41) is 17.7. The first-order chi connectivity index (χ1) is 6.95. The van der Waals surface area contributed by atoms with Crippen molar-refractivity contribution >= 4 is 8.07 Å². The van der Waals surface area contributed by atoms with E-state index in [4.69, 9.17) is 5.26 Å². The molecular formula is C12H17NOSi. The van der Waals surface area contributed by atoms with Crippen LogP contribution in [0.15, 0.2) is 0 Å². The molecular weight excluding hydrogens is 202 g/mol. The van der Waals surface area contributed by atoms with Crippen molar-refractivity contribution in [1.29, 1.82) is 5.26 Å². The maximum Gasteiger partial charge on any atom is 0.175 e. The predicted molar refractivity (Wildman–Crippen MR) is 64.4 cm³/mol. The Hall–Kier alpha value is -1.21. The van der Waals surface area contributed by atoms with Crippen LogP contribution < -0.4 is 0 Å². The third-order valence-electron chi connectivity index (χ3n) is 1.41. The monoisotopic (exact) mass is 219 g/mol. The molecule has 80 valence electrons. The van der Waals surface area contributed by atoms with E-state index in [1.807, 2.05) is 6.07 Å². The number of nitrogens with zero attached hydrogens (tertiary/aromatic N) is 1. The molecule has 0 aromatic carbocycles. The molecule has 1 N–H and O–H groups in total. The summed E-state index contributed by atoms with van der Waals surface area (Å²) in [4.78, 5) is 0. The van der Waals surface area contributed by atoms with Crippen molar-refractivity contribution in [1.82, 2.24) is 0 Å². The fourth-order valence-corrected chi connectivity index (χ4v) is 1.32. The molecule has 0 aliphatic rings. The number of rotatable bonds is 2. The van der Waals surface area contributed by atoms with Gasteiger partial charge in [-0.3, -0.25) is 0 Å². The molecule has 0 aliphatic carbocycles. The van der Waals surface area contributed by atoms with Crippen molar-refractivity contribution in [2.24, 2.45) is 0 Å². The fraction of sp³-hybridized carbons (Fsp3) is 0.583. The molecule has 0 saturated carbocycles. The van der Waals surface area contributed by atoms with Crippen LogP contribution in [0.1, 0.15) is 19.3 Å². The van der Waals surface area contributed by atoms with E-state index in [0.717, 1.165) is 6.42 Å². The van der Waals surface area contributed by atoms with Gasteiger partial charge in [-0.15, -0.1) is 5.54 Å². The number of aliphatic hydroxyl groups excluding tert-OH is 1. The van der Waals surface area contributed by atoms with Crippen molar-refractivity contribution in [3.05, 3.63) is 0 Å². The first kappa shape index (κ1) is 13.8. The highest BCUT2D eigenvalue weighted by atomic mass is 28.3. The minimum Gasteiger partial charge on any atom is -0.369 e. The number of hydrogen-bond acceptors (Lipinski definition) is 2. The minimum absolute atomic E-state index is 0.519. The van der Waals surface area contributed by atoms with Crippen molar-refractivity contribution in [3.63, 3.8) is 0 Å². The van der Waals surface area contributed by atoms with Crippen LogP contribution in [0, 0.1) is 34.6 Å². The molecule has 2 nitrogen and oxygen atoms in total. The van der Waals surface area contributed by atoms with E-state index < -0.39 is 14.2 Å². The lowest BCUT2D eigenvalue weighted by molar-refractivity contribution is 0.289. The van der Waals surface area contributed by atoms with Crippen molar-refractivity contribution in [3.8, 4) is 29.4 Å². The lowest BCUT2D eigenvalue weighted by Gasteiger charge is -2.03. The molecule has 1 atom stereocenters. The summed E-state index contributed by atoms with van der Waals surface area (Å²) in [5.74, 6) is 8.22. The van der Waals surface area contributed by atoms with Gasteiger partial charge in [0.25, 0.3) is 0 Å². The molecule has 0 fully saturated rings. The summed E-state index contributed by atoms with van der Waals surface area (Å²) in [7, 11) is -1.41. The highest BCUT2D eigenvalue weighted by Crippen LogP contribution is 1.96. The van der Waals surface area contributed by atoms with Gasteiger partial charge in [-0.05, 0) is 6.42 Å². The van der Waals surface area contributed by atoms with Gasteiger partial charge in [0.2, 0.25) is 0 Å². The van der Waals surface area contributed by atoms with Crippen LogP contribution >= 0.6 is 0 Å². The average molecular weight is 219 g/mol. The second-order valence-electron chi connectivity index (χ2n) is 4.25. The van der Waals surface area contributed by atoms with Crippen LogP contribution in [0.3, 0.4) is 0 Å². The van der Waals surface area contributed by atoms with Gasteiger partial charge >= 0.3 is 0 Å². The van der Waals surface area contributed by atoms with E-state index in [0.29, 0.717) is 12.8 Å². The lowest BCUT2D eigenvalue weighted by Crippen LogP contribution is -2.17. The Balaban J connectivity index is 3.97. The van der Waals surface area contributed by atoms with Crippen molar-refractivity contribution in [2.75, 3.05) is 0 Å². The molecule has 0 aromatic heterocycles. The zero-order valence-corrected chi connectivity index (χ0v) is 10.6. The summed E-state index contributed by atoms with van der Waals surface area (Å²) in [5.41, 5.74) is 3.06. The molecule has 0 rings (SSSR count). The Kier molecular flexibility index (Phi) is 6.55. The molecule has 0 heterocycles. The molecule has 0 aromatic rings. The maximum atomic E-state index is 9.38. The van der Waals surface area contributed by atoms with Gasteiger partial charge in [0.1, 0.15) is 8.07 Å². The third kappa shape index (κ3) is 10.7. The smallest absolute Gasteiger partial charge is 0.175 e.